The van der Waals surface area contributed by atoms with Gasteiger partial charge in [-0.15, -0.1) is 0 Å². The van der Waals surface area contributed by atoms with Gasteiger partial charge in [0.1, 0.15) is 5.69 Å². The molecule has 0 radical (unpaired) electrons. The SMILES string of the molecule is CCC(C)NC(=O)c1cc2ccc(C)cc2c(-c2ccccc2Cl)n1. The third kappa shape index (κ3) is 3.67. The van der Waals surface area contributed by atoms with Crippen molar-refractivity contribution in [3.8, 4) is 11.3 Å². The van der Waals surface area contributed by atoms with Gasteiger partial charge >= 0.3 is 0 Å². The van der Waals surface area contributed by atoms with Crippen LogP contribution in [-0.2, 0) is 0 Å². The van der Waals surface area contributed by atoms with E-state index in [1.54, 1.807) is 0 Å². The molecule has 1 atom stereocenters. The van der Waals surface area contributed by atoms with Crippen LogP contribution in [0, 0.1) is 6.92 Å². The molecule has 0 saturated carbocycles. The largest absolute Gasteiger partial charge is 0.348 e. The average molecular weight is 353 g/mol. The van der Waals surface area contributed by atoms with Crippen LogP contribution >= 0.6 is 11.6 Å². The number of hydrogen-bond donors (Lipinski definition) is 1. The van der Waals surface area contributed by atoms with Crippen molar-refractivity contribution in [2.45, 2.75) is 33.2 Å². The van der Waals surface area contributed by atoms with Crippen LogP contribution in [-0.4, -0.2) is 16.9 Å². The number of nitrogens with one attached hydrogen (secondary N) is 1. The maximum atomic E-state index is 12.6. The van der Waals surface area contributed by atoms with Crippen molar-refractivity contribution in [1.29, 1.82) is 0 Å². The average Bonchev–Trinajstić information content (AvgIpc) is 2.61. The van der Waals surface area contributed by atoms with E-state index < -0.39 is 0 Å². The second-order valence-corrected chi connectivity index (χ2v) is 6.75. The molecule has 3 nitrogen and oxygen atoms in total. The Balaban J connectivity index is 2.21. The van der Waals surface area contributed by atoms with Crippen LogP contribution in [0.1, 0.15) is 36.3 Å². The van der Waals surface area contributed by atoms with Gasteiger partial charge in [-0.25, -0.2) is 4.98 Å². The minimum atomic E-state index is -0.162. The summed E-state index contributed by atoms with van der Waals surface area (Å²) in [6, 6.07) is 15.7. The van der Waals surface area contributed by atoms with Gasteiger partial charge in [0, 0.05) is 22.0 Å². The highest BCUT2D eigenvalue weighted by Crippen LogP contribution is 2.33. The van der Waals surface area contributed by atoms with E-state index in [9.17, 15) is 4.79 Å². The Morgan fingerprint density at radius 1 is 1.20 bits per heavy atom. The number of rotatable bonds is 4. The predicted molar refractivity (Wildman–Crippen MR) is 104 cm³/mol. The number of nitrogens with zero attached hydrogens (tertiary/aromatic N) is 1. The maximum absolute atomic E-state index is 12.6. The lowest BCUT2D eigenvalue weighted by Crippen LogP contribution is -2.32. The summed E-state index contributed by atoms with van der Waals surface area (Å²) in [4.78, 5) is 17.3. The molecule has 3 aromatic rings. The number of carbonyl (C=O) groups is 1. The highest BCUT2D eigenvalue weighted by atomic mass is 35.5. The molecule has 128 valence electrons. The predicted octanol–water partition coefficient (Wildman–Crippen LogP) is 5.39. The van der Waals surface area contributed by atoms with E-state index in [1.807, 2.05) is 63.2 Å². The summed E-state index contributed by atoms with van der Waals surface area (Å²) in [6.07, 6.45) is 0.871. The lowest BCUT2D eigenvalue weighted by atomic mass is 10.0. The monoisotopic (exact) mass is 352 g/mol. The number of halogens is 1. The molecule has 0 spiro atoms. The number of aromatic nitrogens is 1. The number of carbonyl (C=O) groups excluding carboxylic acids is 1. The van der Waals surface area contributed by atoms with E-state index in [-0.39, 0.29) is 11.9 Å². The van der Waals surface area contributed by atoms with Crippen molar-refractivity contribution in [3.05, 3.63) is 64.8 Å². The Kier molecular flexibility index (Phi) is 5.05. The molecule has 0 aliphatic carbocycles. The standard InChI is InChI=1S/C21H21ClN2O/c1-4-14(3)23-21(25)19-12-15-10-9-13(2)11-17(15)20(24-19)16-7-5-6-8-18(16)22/h5-12,14H,4H2,1-3H3,(H,23,25). The summed E-state index contributed by atoms with van der Waals surface area (Å²) < 4.78 is 0. The third-order valence-electron chi connectivity index (χ3n) is 4.34. The molecule has 4 heteroatoms. The first-order valence-corrected chi connectivity index (χ1v) is 8.84. The first-order chi connectivity index (χ1) is 12.0. The van der Waals surface area contributed by atoms with E-state index in [0.717, 1.165) is 34.0 Å². The van der Waals surface area contributed by atoms with Crippen LogP contribution in [0.3, 0.4) is 0 Å². The van der Waals surface area contributed by atoms with E-state index in [0.29, 0.717) is 10.7 Å². The summed E-state index contributed by atoms with van der Waals surface area (Å²) in [7, 11) is 0. The molecule has 1 N–H and O–H groups in total. The van der Waals surface area contributed by atoms with Gasteiger partial charge in [-0.3, -0.25) is 4.79 Å². The first kappa shape index (κ1) is 17.4. The van der Waals surface area contributed by atoms with Crippen molar-refractivity contribution in [2.75, 3.05) is 0 Å². The summed E-state index contributed by atoms with van der Waals surface area (Å²) in [5.74, 6) is -0.162. The molecule has 2 aromatic carbocycles. The second kappa shape index (κ2) is 7.24. The highest BCUT2D eigenvalue weighted by Gasteiger charge is 2.16. The van der Waals surface area contributed by atoms with E-state index in [1.165, 1.54) is 0 Å². The van der Waals surface area contributed by atoms with Crippen molar-refractivity contribution < 1.29 is 4.79 Å². The van der Waals surface area contributed by atoms with Crippen molar-refractivity contribution in [3.63, 3.8) is 0 Å². The van der Waals surface area contributed by atoms with Crippen LogP contribution in [0.2, 0.25) is 5.02 Å². The van der Waals surface area contributed by atoms with Gasteiger partial charge in [-0.1, -0.05) is 54.4 Å². The molecule has 1 aromatic heterocycles. The lowest BCUT2D eigenvalue weighted by molar-refractivity contribution is 0.0934. The van der Waals surface area contributed by atoms with Gasteiger partial charge in [-0.2, -0.15) is 0 Å². The Morgan fingerprint density at radius 3 is 2.68 bits per heavy atom. The number of benzene rings is 2. The first-order valence-electron chi connectivity index (χ1n) is 8.46. The van der Waals surface area contributed by atoms with Crippen molar-refractivity contribution in [1.82, 2.24) is 10.3 Å². The lowest BCUT2D eigenvalue weighted by Gasteiger charge is -2.14. The second-order valence-electron chi connectivity index (χ2n) is 6.34. The summed E-state index contributed by atoms with van der Waals surface area (Å²) in [5.41, 5.74) is 3.12. The Morgan fingerprint density at radius 2 is 1.96 bits per heavy atom. The van der Waals surface area contributed by atoms with E-state index in [2.05, 4.69) is 16.4 Å². The molecule has 1 heterocycles. The normalized spacial score (nSPS) is 12.2. The number of hydrogen-bond acceptors (Lipinski definition) is 2. The zero-order valence-corrected chi connectivity index (χ0v) is 15.4. The number of fused-ring (bicyclic) bond motifs is 1. The minimum Gasteiger partial charge on any atom is -0.348 e. The fourth-order valence-corrected chi connectivity index (χ4v) is 2.96. The van der Waals surface area contributed by atoms with Crippen LogP contribution in [0.15, 0.2) is 48.5 Å². The maximum Gasteiger partial charge on any atom is 0.270 e. The number of aryl methyl sites for hydroxylation is 1. The van der Waals surface area contributed by atoms with E-state index >= 15 is 0 Å². The van der Waals surface area contributed by atoms with Gasteiger partial charge in [0.15, 0.2) is 0 Å². The Bertz CT molecular complexity index is 936. The molecule has 0 bridgehead atoms. The fourth-order valence-electron chi connectivity index (χ4n) is 2.74. The van der Waals surface area contributed by atoms with Gasteiger partial charge in [0.05, 0.1) is 5.69 Å². The zero-order valence-electron chi connectivity index (χ0n) is 14.6. The van der Waals surface area contributed by atoms with Gasteiger partial charge in [0.25, 0.3) is 5.91 Å². The third-order valence-corrected chi connectivity index (χ3v) is 4.67. The Hall–Kier alpha value is -2.39. The molecule has 25 heavy (non-hydrogen) atoms. The van der Waals surface area contributed by atoms with Crippen LogP contribution in [0.5, 0.6) is 0 Å². The van der Waals surface area contributed by atoms with Gasteiger partial charge < -0.3 is 5.32 Å². The van der Waals surface area contributed by atoms with Crippen molar-refractivity contribution >= 4 is 28.3 Å². The molecule has 0 fully saturated rings. The molecule has 1 amide bonds. The summed E-state index contributed by atoms with van der Waals surface area (Å²) in [6.45, 7) is 6.06. The number of amides is 1. The Labute approximate surface area is 153 Å². The van der Waals surface area contributed by atoms with Crippen molar-refractivity contribution in [2.24, 2.45) is 0 Å². The molecular weight excluding hydrogens is 332 g/mol. The van der Waals surface area contributed by atoms with Gasteiger partial charge in [0.2, 0.25) is 0 Å². The quantitative estimate of drug-likeness (QED) is 0.683. The fraction of sp³-hybridized carbons (Fsp3) is 0.238. The topological polar surface area (TPSA) is 42.0 Å². The summed E-state index contributed by atoms with van der Waals surface area (Å²) in [5, 5.41) is 5.57. The molecular formula is C21H21ClN2O. The summed E-state index contributed by atoms with van der Waals surface area (Å²) >= 11 is 6.40. The molecule has 1 unspecified atom stereocenters. The molecule has 0 aliphatic rings. The van der Waals surface area contributed by atoms with Gasteiger partial charge in [-0.05, 0) is 43.9 Å². The zero-order chi connectivity index (χ0) is 18.0. The smallest absolute Gasteiger partial charge is 0.270 e. The molecule has 0 saturated heterocycles. The molecule has 3 rings (SSSR count). The van der Waals surface area contributed by atoms with Crippen LogP contribution < -0.4 is 5.32 Å². The molecule has 0 aliphatic heterocycles. The van der Waals surface area contributed by atoms with Crippen LogP contribution in [0.25, 0.3) is 22.0 Å². The van der Waals surface area contributed by atoms with Crippen LogP contribution in [0.4, 0.5) is 0 Å². The minimum absolute atomic E-state index is 0.103. The van der Waals surface area contributed by atoms with E-state index in [4.69, 9.17) is 11.6 Å². The highest BCUT2D eigenvalue weighted by molar-refractivity contribution is 6.33. The number of pyridine rings is 1.